The second-order valence-electron chi connectivity index (χ2n) is 6.07. The van der Waals surface area contributed by atoms with Crippen LogP contribution in [-0.2, 0) is 6.54 Å². The van der Waals surface area contributed by atoms with Crippen molar-refractivity contribution < 1.29 is 9.13 Å². The summed E-state index contributed by atoms with van der Waals surface area (Å²) in [6, 6.07) is 13.1. The topological polar surface area (TPSA) is 24.5 Å². The van der Waals surface area contributed by atoms with Gasteiger partial charge in [0.15, 0.2) is 5.11 Å². The number of halogens is 1. The number of benzene rings is 2. The number of nitrogens with zero attached hydrogens (tertiary/aromatic N) is 1. The fourth-order valence-corrected chi connectivity index (χ4v) is 3.05. The highest BCUT2D eigenvalue weighted by Crippen LogP contribution is 2.30. The summed E-state index contributed by atoms with van der Waals surface area (Å²) in [4.78, 5) is 2.08. The Bertz CT molecular complexity index is 746. The van der Waals surface area contributed by atoms with E-state index in [9.17, 15) is 4.39 Å². The number of aryl methyl sites for hydroxylation is 1. The molecule has 3 rings (SSSR count). The molecule has 2 aromatic rings. The first-order valence-corrected chi connectivity index (χ1v) is 8.45. The zero-order valence-corrected chi connectivity index (χ0v) is 14.7. The molecule has 24 heavy (non-hydrogen) atoms. The molecule has 0 radical (unpaired) electrons. The van der Waals surface area contributed by atoms with Crippen LogP contribution in [0.1, 0.15) is 24.0 Å². The fraction of sp³-hybridized carbons (Fsp3) is 0.316. The number of hydrogen-bond donors (Lipinski definition) is 1. The average molecular weight is 344 g/mol. The molecule has 0 saturated heterocycles. The zero-order valence-electron chi connectivity index (χ0n) is 13.9. The maximum atomic E-state index is 14.0. The molecule has 1 aliphatic rings. The van der Waals surface area contributed by atoms with E-state index < -0.39 is 0 Å². The molecule has 0 bridgehead atoms. The average Bonchev–Trinajstić information content (AvgIpc) is 3.39. The summed E-state index contributed by atoms with van der Waals surface area (Å²) >= 11 is 5.58. The Morgan fingerprint density at radius 2 is 2.04 bits per heavy atom. The fourth-order valence-electron chi connectivity index (χ4n) is 2.71. The Morgan fingerprint density at radius 1 is 1.29 bits per heavy atom. The van der Waals surface area contributed by atoms with Gasteiger partial charge in [-0.25, -0.2) is 4.39 Å². The molecule has 0 heterocycles. The normalized spacial score (nSPS) is 13.5. The van der Waals surface area contributed by atoms with Gasteiger partial charge in [0.25, 0.3) is 0 Å². The standard InChI is InChI=1S/C19H21FN2OS/c1-13-11-15(7-10-18(13)23-2)21-19(24)22(16-8-9-16)12-14-5-3-4-6-17(14)20/h3-7,10-11,16H,8-9,12H2,1-2H3,(H,21,24). The van der Waals surface area contributed by atoms with Crippen molar-refractivity contribution in [3.05, 3.63) is 59.4 Å². The molecule has 0 aromatic heterocycles. The van der Waals surface area contributed by atoms with Gasteiger partial charge in [-0.2, -0.15) is 0 Å². The third kappa shape index (κ3) is 3.85. The molecule has 5 heteroatoms. The van der Waals surface area contributed by atoms with Crippen LogP contribution < -0.4 is 10.1 Å². The summed E-state index contributed by atoms with van der Waals surface area (Å²) < 4.78 is 19.2. The molecule has 126 valence electrons. The first-order chi connectivity index (χ1) is 11.6. The van der Waals surface area contributed by atoms with Gasteiger partial charge in [0, 0.05) is 23.8 Å². The van der Waals surface area contributed by atoms with Crippen LogP contribution in [-0.4, -0.2) is 23.2 Å². The van der Waals surface area contributed by atoms with Gasteiger partial charge in [-0.1, -0.05) is 18.2 Å². The number of anilines is 1. The molecule has 3 nitrogen and oxygen atoms in total. The van der Waals surface area contributed by atoms with E-state index in [2.05, 4.69) is 10.2 Å². The van der Waals surface area contributed by atoms with E-state index >= 15 is 0 Å². The molecule has 1 N–H and O–H groups in total. The lowest BCUT2D eigenvalue weighted by Crippen LogP contribution is -2.36. The second kappa shape index (κ2) is 7.18. The van der Waals surface area contributed by atoms with E-state index in [-0.39, 0.29) is 5.82 Å². The van der Waals surface area contributed by atoms with Gasteiger partial charge in [-0.3, -0.25) is 0 Å². The van der Waals surface area contributed by atoms with Gasteiger partial charge >= 0.3 is 0 Å². The van der Waals surface area contributed by atoms with E-state index in [0.29, 0.717) is 23.3 Å². The van der Waals surface area contributed by atoms with Gasteiger partial charge in [0.05, 0.1) is 7.11 Å². The van der Waals surface area contributed by atoms with Crippen LogP contribution in [0.5, 0.6) is 5.75 Å². The summed E-state index contributed by atoms with van der Waals surface area (Å²) in [5.74, 6) is 0.656. The number of nitrogens with one attached hydrogen (secondary N) is 1. The first-order valence-electron chi connectivity index (χ1n) is 8.04. The van der Waals surface area contributed by atoms with Crippen LogP contribution in [0.4, 0.5) is 10.1 Å². The van der Waals surface area contributed by atoms with E-state index in [1.807, 2.05) is 37.3 Å². The van der Waals surface area contributed by atoms with Crippen LogP contribution >= 0.6 is 12.2 Å². The van der Waals surface area contributed by atoms with Gasteiger partial charge < -0.3 is 15.0 Å². The molecule has 1 aliphatic carbocycles. The highest BCUT2D eigenvalue weighted by Gasteiger charge is 2.31. The van der Waals surface area contributed by atoms with E-state index in [4.69, 9.17) is 17.0 Å². The molecular weight excluding hydrogens is 323 g/mol. The molecular formula is C19H21FN2OS. The SMILES string of the molecule is COc1ccc(NC(=S)N(Cc2ccccc2F)C2CC2)cc1C. The maximum Gasteiger partial charge on any atom is 0.173 e. The van der Waals surface area contributed by atoms with Gasteiger partial charge in [-0.05, 0) is 61.8 Å². The van der Waals surface area contributed by atoms with E-state index in [0.717, 1.165) is 29.8 Å². The Kier molecular flexibility index (Phi) is 5.00. The van der Waals surface area contributed by atoms with Crippen molar-refractivity contribution in [2.75, 3.05) is 12.4 Å². The molecule has 0 aliphatic heterocycles. The van der Waals surface area contributed by atoms with Crippen molar-refractivity contribution in [1.29, 1.82) is 0 Å². The Balaban J connectivity index is 1.73. The molecule has 0 atom stereocenters. The van der Waals surface area contributed by atoms with E-state index in [1.54, 1.807) is 13.2 Å². The molecule has 1 fully saturated rings. The summed E-state index contributed by atoms with van der Waals surface area (Å²) in [5, 5.41) is 3.90. The Hall–Kier alpha value is -2.14. The molecule has 0 spiro atoms. The van der Waals surface area contributed by atoms with Crippen molar-refractivity contribution in [3.8, 4) is 5.75 Å². The minimum absolute atomic E-state index is 0.189. The minimum atomic E-state index is -0.189. The van der Waals surface area contributed by atoms with Crippen molar-refractivity contribution in [2.24, 2.45) is 0 Å². The maximum absolute atomic E-state index is 14.0. The monoisotopic (exact) mass is 344 g/mol. The highest BCUT2D eigenvalue weighted by molar-refractivity contribution is 7.80. The smallest absolute Gasteiger partial charge is 0.173 e. The molecule has 2 aromatic carbocycles. The predicted octanol–water partition coefficient (Wildman–Crippen LogP) is 4.50. The molecule has 0 amide bonds. The van der Waals surface area contributed by atoms with Gasteiger partial charge in [-0.15, -0.1) is 0 Å². The Morgan fingerprint density at radius 3 is 2.67 bits per heavy atom. The number of methoxy groups -OCH3 is 1. The van der Waals surface area contributed by atoms with Crippen molar-refractivity contribution >= 4 is 23.0 Å². The lowest BCUT2D eigenvalue weighted by molar-refractivity contribution is 0.399. The summed E-state index contributed by atoms with van der Waals surface area (Å²) in [5.41, 5.74) is 2.62. The predicted molar refractivity (Wildman–Crippen MR) is 98.9 cm³/mol. The zero-order chi connectivity index (χ0) is 17.1. The summed E-state index contributed by atoms with van der Waals surface area (Å²) in [7, 11) is 1.66. The first kappa shape index (κ1) is 16.7. The minimum Gasteiger partial charge on any atom is -0.496 e. The number of thiocarbonyl (C=S) groups is 1. The van der Waals surface area contributed by atoms with E-state index in [1.165, 1.54) is 6.07 Å². The second-order valence-corrected chi connectivity index (χ2v) is 6.45. The molecule has 0 unspecified atom stereocenters. The van der Waals surface area contributed by atoms with Crippen LogP contribution in [0.2, 0.25) is 0 Å². The summed E-state index contributed by atoms with van der Waals surface area (Å²) in [6.07, 6.45) is 2.19. The Labute approximate surface area is 147 Å². The van der Waals surface area contributed by atoms with Crippen LogP contribution in [0.15, 0.2) is 42.5 Å². The third-order valence-electron chi connectivity index (χ3n) is 4.19. The number of rotatable bonds is 5. The quantitative estimate of drug-likeness (QED) is 0.807. The van der Waals surface area contributed by atoms with Crippen LogP contribution in [0.3, 0.4) is 0 Å². The largest absolute Gasteiger partial charge is 0.496 e. The number of hydrogen-bond acceptors (Lipinski definition) is 2. The lowest BCUT2D eigenvalue weighted by Gasteiger charge is -2.26. The third-order valence-corrected chi connectivity index (χ3v) is 4.53. The van der Waals surface area contributed by atoms with Crippen molar-refractivity contribution in [3.63, 3.8) is 0 Å². The van der Waals surface area contributed by atoms with Crippen LogP contribution in [0, 0.1) is 12.7 Å². The van der Waals surface area contributed by atoms with Crippen molar-refractivity contribution in [1.82, 2.24) is 4.90 Å². The summed E-state index contributed by atoms with van der Waals surface area (Å²) in [6.45, 7) is 2.48. The lowest BCUT2D eigenvalue weighted by atomic mass is 10.2. The molecule has 1 saturated carbocycles. The van der Waals surface area contributed by atoms with Gasteiger partial charge in [0.1, 0.15) is 11.6 Å². The highest BCUT2D eigenvalue weighted by atomic mass is 32.1. The van der Waals surface area contributed by atoms with Crippen LogP contribution in [0.25, 0.3) is 0 Å². The van der Waals surface area contributed by atoms with Crippen molar-refractivity contribution in [2.45, 2.75) is 32.4 Å². The van der Waals surface area contributed by atoms with Gasteiger partial charge in [0.2, 0.25) is 0 Å². The number of ether oxygens (including phenoxy) is 1.